The number of nitro groups is 1. The molecule has 0 fully saturated rings. The number of hydrogen-bond acceptors (Lipinski definition) is 6. The fraction of sp³-hybridized carbons (Fsp3) is 0.238. The summed E-state index contributed by atoms with van der Waals surface area (Å²) in [6, 6.07) is 11.7. The van der Waals surface area contributed by atoms with Crippen molar-refractivity contribution in [3.8, 4) is 5.75 Å². The summed E-state index contributed by atoms with van der Waals surface area (Å²) in [4.78, 5) is 28.2. The smallest absolute Gasteiger partial charge is 0.270 e. The van der Waals surface area contributed by atoms with Gasteiger partial charge in [-0.05, 0) is 32.0 Å². The van der Waals surface area contributed by atoms with Crippen LogP contribution in [0.15, 0.2) is 65.1 Å². The van der Waals surface area contributed by atoms with Gasteiger partial charge in [0.1, 0.15) is 5.75 Å². The highest BCUT2D eigenvalue weighted by atomic mass is 32.2. The molecule has 0 spiro atoms. The van der Waals surface area contributed by atoms with E-state index in [1.807, 2.05) is 19.9 Å². The molecular weight excluding hydrogens is 390 g/mol. The van der Waals surface area contributed by atoms with Gasteiger partial charge in [0.25, 0.3) is 11.2 Å². The number of nitro benzene ring substituents is 1. The number of hydrogen-bond donors (Lipinski definition) is 0. The van der Waals surface area contributed by atoms with Gasteiger partial charge in [-0.25, -0.2) is 4.98 Å². The highest BCUT2D eigenvalue weighted by Crippen LogP contribution is 2.31. The van der Waals surface area contributed by atoms with Crippen molar-refractivity contribution in [3.63, 3.8) is 0 Å². The zero-order valence-corrected chi connectivity index (χ0v) is 17.0. The summed E-state index contributed by atoms with van der Waals surface area (Å²) < 4.78 is 7.36. The van der Waals surface area contributed by atoms with E-state index in [9.17, 15) is 14.9 Å². The first-order valence-electron chi connectivity index (χ1n) is 9.08. The standard InChI is InChI=1S/C21H21N3O4S/c1-4-11-23-20(25)17-7-5-6-8-18(17)22-21(23)29-13-15-12-16(24(26)27)9-10-19(15)28-14(2)3/h4-10,12,14H,1,11,13H2,2-3H3. The average Bonchev–Trinajstić information content (AvgIpc) is 2.69. The van der Waals surface area contributed by atoms with E-state index in [1.54, 1.807) is 34.9 Å². The molecule has 0 unspecified atom stereocenters. The van der Waals surface area contributed by atoms with Gasteiger partial charge >= 0.3 is 0 Å². The highest BCUT2D eigenvalue weighted by Gasteiger charge is 2.16. The topological polar surface area (TPSA) is 87.3 Å². The fourth-order valence-electron chi connectivity index (χ4n) is 2.85. The van der Waals surface area contributed by atoms with Gasteiger partial charge < -0.3 is 4.74 Å². The fourth-order valence-corrected chi connectivity index (χ4v) is 3.84. The van der Waals surface area contributed by atoms with Crippen LogP contribution in [-0.2, 0) is 12.3 Å². The summed E-state index contributed by atoms with van der Waals surface area (Å²) in [6.07, 6.45) is 1.57. The molecule has 0 amide bonds. The molecule has 0 aliphatic rings. The third kappa shape index (κ3) is 4.65. The van der Waals surface area contributed by atoms with Crippen LogP contribution in [-0.4, -0.2) is 20.6 Å². The Hall–Kier alpha value is -3.13. The zero-order chi connectivity index (χ0) is 21.0. The number of non-ortho nitro benzene ring substituents is 1. The summed E-state index contributed by atoms with van der Waals surface area (Å²) in [7, 11) is 0. The second-order valence-corrected chi connectivity index (χ2v) is 7.56. The molecule has 0 aliphatic carbocycles. The zero-order valence-electron chi connectivity index (χ0n) is 16.2. The van der Waals surface area contributed by atoms with Gasteiger partial charge in [-0.1, -0.05) is 30.0 Å². The van der Waals surface area contributed by atoms with E-state index in [4.69, 9.17) is 4.74 Å². The number of allylic oxidation sites excluding steroid dienone is 1. The van der Waals surface area contributed by atoms with Gasteiger partial charge in [0, 0.05) is 30.0 Å². The molecular formula is C21H21N3O4S. The van der Waals surface area contributed by atoms with E-state index in [-0.39, 0.29) is 17.4 Å². The molecule has 3 rings (SSSR count). The van der Waals surface area contributed by atoms with Crippen molar-refractivity contribution in [1.29, 1.82) is 0 Å². The summed E-state index contributed by atoms with van der Waals surface area (Å²) in [6.45, 7) is 7.83. The van der Waals surface area contributed by atoms with E-state index >= 15 is 0 Å². The van der Waals surface area contributed by atoms with Gasteiger partial charge in [0.15, 0.2) is 5.16 Å². The van der Waals surface area contributed by atoms with Crippen molar-refractivity contribution in [2.75, 3.05) is 0 Å². The number of nitrogens with zero attached hydrogens (tertiary/aromatic N) is 3. The van der Waals surface area contributed by atoms with Crippen molar-refractivity contribution in [2.45, 2.75) is 37.4 Å². The molecule has 3 aromatic rings. The molecule has 7 nitrogen and oxygen atoms in total. The summed E-state index contributed by atoms with van der Waals surface area (Å²) in [5, 5.41) is 12.2. The quantitative estimate of drug-likeness (QED) is 0.177. The average molecular weight is 411 g/mol. The second kappa shape index (κ2) is 8.91. The third-order valence-corrected chi connectivity index (χ3v) is 5.14. The Labute approximate surface area is 172 Å². The monoisotopic (exact) mass is 411 g/mol. The summed E-state index contributed by atoms with van der Waals surface area (Å²) in [5.41, 5.74) is 1.13. The van der Waals surface area contributed by atoms with Crippen molar-refractivity contribution < 1.29 is 9.66 Å². The number of aromatic nitrogens is 2. The van der Waals surface area contributed by atoms with Gasteiger partial charge in [-0.15, -0.1) is 6.58 Å². The molecule has 1 aromatic heterocycles. The van der Waals surface area contributed by atoms with Crippen LogP contribution in [0.4, 0.5) is 5.69 Å². The predicted molar refractivity (Wildman–Crippen MR) is 115 cm³/mol. The molecule has 1 heterocycles. The van der Waals surface area contributed by atoms with Crippen molar-refractivity contribution in [1.82, 2.24) is 9.55 Å². The van der Waals surface area contributed by atoms with Gasteiger partial charge in [0.05, 0.1) is 21.9 Å². The van der Waals surface area contributed by atoms with Crippen LogP contribution >= 0.6 is 11.8 Å². The molecule has 0 saturated heterocycles. The number of fused-ring (bicyclic) bond motifs is 1. The minimum atomic E-state index is -0.435. The van der Waals surface area contributed by atoms with E-state index in [0.29, 0.717) is 39.7 Å². The molecule has 29 heavy (non-hydrogen) atoms. The van der Waals surface area contributed by atoms with Gasteiger partial charge in [-0.2, -0.15) is 0 Å². The first-order chi connectivity index (χ1) is 13.9. The SMILES string of the molecule is C=CCn1c(SCc2cc([N+](=O)[O-])ccc2OC(C)C)nc2ccccc2c1=O. The largest absolute Gasteiger partial charge is 0.491 e. The molecule has 2 aromatic carbocycles. The Morgan fingerprint density at radius 1 is 1.31 bits per heavy atom. The summed E-state index contributed by atoms with van der Waals surface area (Å²) >= 11 is 1.33. The predicted octanol–water partition coefficient (Wildman–Crippen LogP) is 4.57. The van der Waals surface area contributed by atoms with E-state index in [0.717, 1.165) is 0 Å². The molecule has 150 valence electrons. The van der Waals surface area contributed by atoms with Crippen LogP contribution in [0.5, 0.6) is 5.75 Å². The lowest BCUT2D eigenvalue weighted by molar-refractivity contribution is -0.384. The Bertz CT molecular complexity index is 1120. The molecule has 0 bridgehead atoms. The molecule has 0 saturated carbocycles. The number of rotatable bonds is 8. The second-order valence-electron chi connectivity index (χ2n) is 6.62. The maximum atomic E-state index is 12.9. The van der Waals surface area contributed by atoms with E-state index in [2.05, 4.69) is 11.6 Å². The number of para-hydroxylation sites is 1. The minimum absolute atomic E-state index is 0.00772. The Balaban J connectivity index is 2.00. The number of benzene rings is 2. The van der Waals surface area contributed by atoms with Crippen molar-refractivity contribution in [2.24, 2.45) is 0 Å². The highest BCUT2D eigenvalue weighted by molar-refractivity contribution is 7.98. The van der Waals surface area contributed by atoms with Crippen LogP contribution in [0.1, 0.15) is 19.4 Å². The lowest BCUT2D eigenvalue weighted by atomic mass is 10.2. The van der Waals surface area contributed by atoms with Crippen LogP contribution in [0.3, 0.4) is 0 Å². The van der Waals surface area contributed by atoms with E-state index in [1.165, 1.54) is 23.9 Å². The molecule has 0 aliphatic heterocycles. The first-order valence-corrected chi connectivity index (χ1v) is 10.1. The lowest BCUT2D eigenvalue weighted by Gasteiger charge is -2.15. The van der Waals surface area contributed by atoms with Crippen LogP contribution in [0.2, 0.25) is 0 Å². The Morgan fingerprint density at radius 3 is 2.76 bits per heavy atom. The van der Waals surface area contributed by atoms with Gasteiger partial charge in [-0.3, -0.25) is 19.5 Å². The lowest BCUT2D eigenvalue weighted by Crippen LogP contribution is -2.22. The van der Waals surface area contributed by atoms with Crippen molar-refractivity contribution >= 4 is 28.4 Å². The number of ether oxygens (including phenoxy) is 1. The first kappa shape index (κ1) is 20.6. The maximum Gasteiger partial charge on any atom is 0.270 e. The molecule has 0 N–H and O–H groups in total. The Morgan fingerprint density at radius 2 is 2.07 bits per heavy atom. The Kier molecular flexibility index (Phi) is 6.33. The van der Waals surface area contributed by atoms with Crippen LogP contribution < -0.4 is 10.3 Å². The summed E-state index contributed by atoms with van der Waals surface area (Å²) in [5.74, 6) is 0.947. The van der Waals surface area contributed by atoms with Gasteiger partial charge in [0.2, 0.25) is 0 Å². The van der Waals surface area contributed by atoms with Crippen LogP contribution in [0.25, 0.3) is 10.9 Å². The molecule has 0 atom stereocenters. The molecule has 8 heteroatoms. The normalized spacial score (nSPS) is 11.0. The number of thioether (sulfide) groups is 1. The minimum Gasteiger partial charge on any atom is -0.491 e. The molecule has 0 radical (unpaired) electrons. The van der Waals surface area contributed by atoms with E-state index < -0.39 is 4.92 Å². The maximum absolute atomic E-state index is 12.9. The van der Waals surface area contributed by atoms with Crippen molar-refractivity contribution in [3.05, 3.63) is 81.2 Å². The third-order valence-electron chi connectivity index (χ3n) is 4.11. The van der Waals surface area contributed by atoms with Crippen LogP contribution in [0, 0.1) is 10.1 Å².